The van der Waals surface area contributed by atoms with Crippen LogP contribution in [0.5, 0.6) is 17.4 Å². The van der Waals surface area contributed by atoms with Crippen LogP contribution in [-0.4, -0.2) is 22.6 Å². The minimum Gasteiger partial charge on any atom is -0.483 e. The van der Waals surface area contributed by atoms with E-state index >= 15 is 0 Å². The summed E-state index contributed by atoms with van der Waals surface area (Å²) in [5.41, 5.74) is 0.818. The second-order valence-electron chi connectivity index (χ2n) is 5.30. The molecular formula is C18H12F3NO5. The van der Waals surface area contributed by atoms with Crippen LogP contribution in [0.2, 0.25) is 0 Å². The summed E-state index contributed by atoms with van der Waals surface area (Å²) in [5, 5.41) is 8.86. The van der Waals surface area contributed by atoms with Crippen LogP contribution in [0.1, 0.15) is 5.56 Å². The number of rotatable bonds is 5. The lowest BCUT2D eigenvalue weighted by Crippen LogP contribution is -2.17. The molecule has 1 aromatic heterocycles. The molecule has 1 heterocycles. The van der Waals surface area contributed by atoms with Gasteiger partial charge in [0.25, 0.3) is 5.88 Å². The van der Waals surface area contributed by atoms with Crippen molar-refractivity contribution in [1.82, 2.24) is 4.98 Å². The third-order valence-electron chi connectivity index (χ3n) is 3.40. The molecule has 2 aromatic carbocycles. The molecule has 0 atom stereocenters. The Labute approximate surface area is 150 Å². The van der Waals surface area contributed by atoms with Crippen molar-refractivity contribution in [3.05, 3.63) is 60.2 Å². The zero-order valence-electron chi connectivity index (χ0n) is 13.6. The van der Waals surface area contributed by atoms with Gasteiger partial charge in [-0.2, -0.15) is 0 Å². The van der Waals surface area contributed by atoms with Gasteiger partial charge in [0.15, 0.2) is 5.75 Å². The fourth-order valence-electron chi connectivity index (χ4n) is 2.34. The van der Waals surface area contributed by atoms with Gasteiger partial charge in [0.1, 0.15) is 12.4 Å². The van der Waals surface area contributed by atoms with Crippen molar-refractivity contribution < 1.29 is 37.3 Å². The average molecular weight is 379 g/mol. The molecule has 3 aromatic rings. The summed E-state index contributed by atoms with van der Waals surface area (Å²) in [4.78, 5) is 14.8. The number of halogens is 3. The summed E-state index contributed by atoms with van der Waals surface area (Å²) >= 11 is 0. The maximum Gasteiger partial charge on any atom is 0.573 e. The predicted molar refractivity (Wildman–Crippen MR) is 87.9 cm³/mol. The molecule has 0 bridgehead atoms. The van der Waals surface area contributed by atoms with Gasteiger partial charge in [-0.15, -0.1) is 13.2 Å². The molecule has 1 N–H and O–H groups in total. The van der Waals surface area contributed by atoms with E-state index in [4.69, 9.17) is 9.84 Å². The zero-order chi connectivity index (χ0) is 19.4. The minimum atomic E-state index is -4.89. The molecule has 9 heteroatoms. The average Bonchev–Trinajstić information content (AvgIpc) is 2.59. The molecule has 0 amide bonds. The van der Waals surface area contributed by atoms with Crippen molar-refractivity contribution in [1.29, 1.82) is 0 Å². The van der Waals surface area contributed by atoms with Gasteiger partial charge in [0.2, 0.25) is 0 Å². The lowest BCUT2D eigenvalue weighted by molar-refractivity contribution is -0.274. The number of alkyl halides is 3. The molecule has 0 saturated carbocycles. The summed E-state index contributed by atoms with van der Waals surface area (Å²) in [6, 6.07) is 13.9. The molecular weight excluding hydrogens is 367 g/mol. The molecule has 0 unspecified atom stereocenters. The van der Waals surface area contributed by atoms with Gasteiger partial charge in [-0.05, 0) is 23.8 Å². The van der Waals surface area contributed by atoms with E-state index in [1.807, 2.05) is 0 Å². The van der Waals surface area contributed by atoms with Crippen molar-refractivity contribution in [3.63, 3.8) is 0 Å². The Hall–Kier alpha value is -3.49. The van der Waals surface area contributed by atoms with Crippen LogP contribution in [-0.2, 0) is 6.61 Å². The lowest BCUT2D eigenvalue weighted by atomic mass is 10.2. The Balaban J connectivity index is 2.02. The first kappa shape index (κ1) is 18.3. The number of carbonyl (C=O) groups is 1. The quantitative estimate of drug-likeness (QED) is 0.644. The summed E-state index contributed by atoms with van der Waals surface area (Å²) < 4.78 is 52.0. The van der Waals surface area contributed by atoms with Crippen molar-refractivity contribution >= 4 is 17.1 Å². The summed E-state index contributed by atoms with van der Waals surface area (Å²) in [6.45, 7) is 0.0340. The van der Waals surface area contributed by atoms with Gasteiger partial charge in [-0.1, -0.05) is 36.4 Å². The van der Waals surface area contributed by atoms with Gasteiger partial charge in [-0.3, -0.25) is 0 Å². The van der Waals surface area contributed by atoms with Crippen molar-refractivity contribution in [2.75, 3.05) is 0 Å². The van der Waals surface area contributed by atoms with E-state index in [0.717, 1.165) is 11.6 Å². The zero-order valence-corrected chi connectivity index (χ0v) is 13.6. The summed E-state index contributed by atoms with van der Waals surface area (Å²) in [5.74, 6) is -0.999. The second kappa shape index (κ2) is 7.40. The highest BCUT2D eigenvalue weighted by Crippen LogP contribution is 2.36. The van der Waals surface area contributed by atoms with Crippen LogP contribution < -0.4 is 14.2 Å². The van der Waals surface area contributed by atoms with E-state index in [2.05, 4.69) is 14.5 Å². The van der Waals surface area contributed by atoms with Crippen LogP contribution in [0, 0.1) is 0 Å². The molecule has 3 rings (SSSR count). The van der Waals surface area contributed by atoms with Crippen molar-refractivity contribution in [2.24, 2.45) is 0 Å². The Bertz CT molecular complexity index is 960. The number of benzene rings is 2. The Morgan fingerprint density at radius 2 is 1.78 bits per heavy atom. The maximum atomic E-state index is 12.6. The summed E-state index contributed by atoms with van der Waals surface area (Å²) in [7, 11) is 0. The van der Waals surface area contributed by atoms with Crippen LogP contribution in [0.4, 0.5) is 18.0 Å². The molecule has 0 saturated heterocycles. The number of fused-ring (bicyclic) bond motifs is 1. The first-order valence-electron chi connectivity index (χ1n) is 7.59. The van der Waals surface area contributed by atoms with E-state index in [1.54, 1.807) is 30.3 Å². The third kappa shape index (κ3) is 4.78. The Morgan fingerprint density at radius 3 is 2.44 bits per heavy atom. The van der Waals surface area contributed by atoms with Gasteiger partial charge in [0, 0.05) is 5.39 Å². The molecule has 140 valence electrons. The monoisotopic (exact) mass is 379 g/mol. The number of aromatic nitrogens is 1. The molecule has 0 spiro atoms. The van der Waals surface area contributed by atoms with Gasteiger partial charge in [0.05, 0.1) is 5.52 Å². The van der Waals surface area contributed by atoms with E-state index in [0.29, 0.717) is 0 Å². The number of nitrogens with zero attached hydrogens (tertiary/aromatic N) is 1. The minimum absolute atomic E-state index is 0.00405. The summed E-state index contributed by atoms with van der Waals surface area (Å²) in [6.07, 6.45) is -6.52. The molecule has 27 heavy (non-hydrogen) atoms. The molecule has 0 radical (unpaired) electrons. The topological polar surface area (TPSA) is 77.9 Å². The van der Waals surface area contributed by atoms with Crippen molar-refractivity contribution in [3.8, 4) is 17.4 Å². The van der Waals surface area contributed by atoms with E-state index in [9.17, 15) is 18.0 Å². The van der Waals surface area contributed by atoms with E-state index < -0.39 is 18.3 Å². The van der Waals surface area contributed by atoms with Gasteiger partial charge < -0.3 is 19.3 Å². The smallest absolute Gasteiger partial charge is 0.483 e. The molecule has 0 aliphatic heterocycles. The number of pyridine rings is 1. The third-order valence-corrected chi connectivity index (χ3v) is 3.40. The van der Waals surface area contributed by atoms with E-state index in [-0.39, 0.29) is 29.1 Å². The first-order valence-corrected chi connectivity index (χ1v) is 7.59. The number of hydrogen-bond acceptors (Lipinski definition) is 5. The van der Waals surface area contributed by atoms with Gasteiger partial charge >= 0.3 is 12.5 Å². The second-order valence-corrected chi connectivity index (χ2v) is 5.30. The number of ether oxygens (including phenoxy) is 3. The van der Waals surface area contributed by atoms with E-state index in [1.165, 1.54) is 18.2 Å². The van der Waals surface area contributed by atoms with Crippen LogP contribution >= 0.6 is 0 Å². The molecule has 0 fully saturated rings. The number of carboxylic acid groups (broad SMARTS) is 1. The van der Waals surface area contributed by atoms with Crippen LogP contribution in [0.3, 0.4) is 0 Å². The number of hydrogen-bond donors (Lipinski definition) is 1. The maximum absolute atomic E-state index is 12.6. The Kier molecular flexibility index (Phi) is 5.02. The normalized spacial score (nSPS) is 11.2. The highest BCUT2D eigenvalue weighted by atomic mass is 19.4. The molecule has 6 nitrogen and oxygen atoms in total. The van der Waals surface area contributed by atoms with Gasteiger partial charge in [-0.25, -0.2) is 9.78 Å². The first-order chi connectivity index (χ1) is 12.8. The fourth-order valence-corrected chi connectivity index (χ4v) is 2.34. The molecule has 0 aliphatic carbocycles. The SMILES string of the molecule is O=C(O)Oc1nc2cccc(OC(F)(F)F)c2cc1OCc1ccccc1. The van der Waals surface area contributed by atoms with Crippen LogP contribution in [0.15, 0.2) is 54.6 Å². The van der Waals surface area contributed by atoms with Crippen LogP contribution in [0.25, 0.3) is 10.9 Å². The molecule has 0 aliphatic rings. The Morgan fingerprint density at radius 1 is 1.04 bits per heavy atom. The predicted octanol–water partition coefficient (Wildman–Crippen LogP) is 4.77. The van der Waals surface area contributed by atoms with Crippen molar-refractivity contribution in [2.45, 2.75) is 13.0 Å². The largest absolute Gasteiger partial charge is 0.573 e. The standard InChI is InChI=1S/C18H12F3NO5/c19-18(20,21)27-14-8-4-7-13-12(14)9-15(16(22-13)26-17(23)24)25-10-11-5-2-1-3-6-11/h1-9H,10H2,(H,23,24). The fraction of sp³-hybridized carbons (Fsp3) is 0.111. The highest BCUT2D eigenvalue weighted by molar-refractivity contribution is 5.87. The lowest BCUT2D eigenvalue weighted by Gasteiger charge is -2.14. The highest BCUT2D eigenvalue weighted by Gasteiger charge is 2.32.